The zero-order valence-electron chi connectivity index (χ0n) is 10.6. The first-order valence-electron chi connectivity index (χ1n) is 6.50. The molecule has 1 aliphatic rings. The molecule has 19 heavy (non-hydrogen) atoms. The highest BCUT2D eigenvalue weighted by Crippen LogP contribution is 2.28. The number of hydrogen-bond acceptors (Lipinski definition) is 3. The lowest BCUT2D eigenvalue weighted by atomic mass is 10.1. The highest BCUT2D eigenvalue weighted by molar-refractivity contribution is 5.76. The average molecular weight is 260 g/mol. The number of para-hydroxylation sites is 2. The van der Waals surface area contributed by atoms with Crippen LogP contribution in [0.15, 0.2) is 24.3 Å². The van der Waals surface area contributed by atoms with Crippen molar-refractivity contribution in [3.63, 3.8) is 0 Å². The van der Waals surface area contributed by atoms with Gasteiger partial charge in [0.1, 0.15) is 5.82 Å². The fraction of sp³-hybridized carbons (Fsp3) is 0.429. The van der Waals surface area contributed by atoms with Crippen LogP contribution in [0, 0.1) is 0 Å². The minimum atomic E-state index is -0.786. The van der Waals surface area contributed by atoms with Crippen molar-refractivity contribution in [2.75, 3.05) is 13.2 Å². The summed E-state index contributed by atoms with van der Waals surface area (Å²) in [6.45, 7) is 1.89. The third-order valence-corrected chi connectivity index (χ3v) is 3.53. The molecule has 2 aromatic rings. The highest BCUT2D eigenvalue weighted by atomic mass is 16.5. The average Bonchev–Trinajstić information content (AvgIpc) is 3.03. The molecule has 0 amide bonds. The molecule has 1 atom stereocenters. The molecule has 1 aromatic heterocycles. The number of aromatic nitrogens is 2. The third-order valence-electron chi connectivity index (χ3n) is 3.53. The van der Waals surface area contributed by atoms with Gasteiger partial charge in [-0.2, -0.15) is 0 Å². The predicted octanol–water partition coefficient (Wildman–Crippen LogP) is 2.01. The largest absolute Gasteiger partial charge is 0.481 e. The Morgan fingerprint density at radius 2 is 2.32 bits per heavy atom. The number of imidazole rings is 1. The van der Waals surface area contributed by atoms with E-state index < -0.39 is 5.97 Å². The minimum Gasteiger partial charge on any atom is -0.481 e. The van der Waals surface area contributed by atoms with Gasteiger partial charge in [0.2, 0.25) is 0 Å². The van der Waals surface area contributed by atoms with Crippen molar-refractivity contribution in [1.82, 2.24) is 9.55 Å². The summed E-state index contributed by atoms with van der Waals surface area (Å²) in [5.74, 6) is 0.451. The van der Waals surface area contributed by atoms with Gasteiger partial charge in [0, 0.05) is 19.1 Å². The van der Waals surface area contributed by atoms with Crippen LogP contribution >= 0.6 is 0 Å². The maximum Gasteiger partial charge on any atom is 0.305 e. The number of fused-ring (bicyclic) bond motifs is 1. The second-order valence-corrected chi connectivity index (χ2v) is 4.81. The van der Waals surface area contributed by atoms with E-state index in [9.17, 15) is 4.79 Å². The quantitative estimate of drug-likeness (QED) is 0.913. The van der Waals surface area contributed by atoms with Gasteiger partial charge in [-0.15, -0.1) is 0 Å². The summed E-state index contributed by atoms with van der Waals surface area (Å²) in [4.78, 5) is 15.5. The summed E-state index contributed by atoms with van der Waals surface area (Å²) < 4.78 is 7.45. The molecule has 3 rings (SSSR count). The first-order valence-corrected chi connectivity index (χ1v) is 6.50. The number of nitrogens with zero attached hydrogens (tertiary/aromatic N) is 2. The van der Waals surface area contributed by atoms with Gasteiger partial charge in [0.15, 0.2) is 0 Å². The lowest BCUT2D eigenvalue weighted by Gasteiger charge is -2.11. The Kier molecular flexibility index (Phi) is 3.21. The van der Waals surface area contributed by atoms with E-state index in [0.29, 0.717) is 13.2 Å². The van der Waals surface area contributed by atoms with E-state index in [4.69, 9.17) is 9.84 Å². The molecule has 0 saturated carbocycles. The van der Waals surface area contributed by atoms with Gasteiger partial charge in [-0.1, -0.05) is 12.1 Å². The molecule has 1 aliphatic heterocycles. The summed E-state index contributed by atoms with van der Waals surface area (Å²) in [5, 5.41) is 8.88. The molecule has 100 valence electrons. The number of aryl methyl sites for hydroxylation is 1. The Morgan fingerprint density at radius 1 is 1.47 bits per heavy atom. The summed E-state index contributed by atoms with van der Waals surface area (Å²) in [5.41, 5.74) is 1.93. The number of carbonyl (C=O) groups is 1. The van der Waals surface area contributed by atoms with E-state index in [2.05, 4.69) is 4.98 Å². The molecule has 5 heteroatoms. The summed E-state index contributed by atoms with van der Waals surface area (Å²) in [7, 11) is 0. The molecule has 2 heterocycles. The van der Waals surface area contributed by atoms with Crippen LogP contribution < -0.4 is 0 Å². The van der Waals surface area contributed by atoms with Crippen molar-refractivity contribution in [3.05, 3.63) is 30.1 Å². The van der Waals surface area contributed by atoms with Crippen molar-refractivity contribution in [1.29, 1.82) is 0 Å². The second kappa shape index (κ2) is 5.01. The fourth-order valence-electron chi connectivity index (χ4n) is 2.59. The number of carboxylic acids is 1. The van der Waals surface area contributed by atoms with Crippen molar-refractivity contribution in [2.45, 2.75) is 25.3 Å². The van der Waals surface area contributed by atoms with Crippen molar-refractivity contribution >= 4 is 17.0 Å². The number of benzene rings is 1. The van der Waals surface area contributed by atoms with Crippen LogP contribution in [-0.2, 0) is 16.1 Å². The van der Waals surface area contributed by atoms with Gasteiger partial charge in [0.05, 0.1) is 24.1 Å². The Balaban J connectivity index is 2.02. The third kappa shape index (κ3) is 2.33. The summed E-state index contributed by atoms with van der Waals surface area (Å²) >= 11 is 0. The van der Waals surface area contributed by atoms with E-state index >= 15 is 0 Å². The van der Waals surface area contributed by atoms with Gasteiger partial charge in [-0.05, 0) is 18.6 Å². The van der Waals surface area contributed by atoms with Crippen LogP contribution in [-0.4, -0.2) is 33.8 Å². The van der Waals surface area contributed by atoms with E-state index in [1.807, 2.05) is 28.8 Å². The second-order valence-electron chi connectivity index (χ2n) is 4.81. The smallest absolute Gasteiger partial charge is 0.305 e. The SMILES string of the molecule is O=C(O)CCn1c(C2CCOC2)nc2ccccc21. The Bertz CT molecular complexity index is 600. The molecule has 0 radical (unpaired) electrons. The van der Waals surface area contributed by atoms with Crippen molar-refractivity contribution in [2.24, 2.45) is 0 Å². The van der Waals surface area contributed by atoms with Crippen LogP contribution in [0.4, 0.5) is 0 Å². The summed E-state index contributed by atoms with van der Waals surface area (Å²) in [6.07, 6.45) is 1.07. The Morgan fingerprint density at radius 3 is 3.05 bits per heavy atom. The lowest BCUT2D eigenvalue weighted by Crippen LogP contribution is -2.12. The van der Waals surface area contributed by atoms with Gasteiger partial charge < -0.3 is 14.4 Å². The highest BCUT2D eigenvalue weighted by Gasteiger charge is 2.24. The van der Waals surface area contributed by atoms with Gasteiger partial charge in [-0.25, -0.2) is 4.98 Å². The number of ether oxygens (including phenoxy) is 1. The van der Waals surface area contributed by atoms with E-state index in [0.717, 1.165) is 29.9 Å². The van der Waals surface area contributed by atoms with Crippen LogP contribution in [0.25, 0.3) is 11.0 Å². The number of rotatable bonds is 4. The summed E-state index contributed by atoms with van der Waals surface area (Å²) in [6, 6.07) is 7.86. The lowest BCUT2D eigenvalue weighted by molar-refractivity contribution is -0.137. The van der Waals surface area contributed by atoms with Crippen LogP contribution in [0.3, 0.4) is 0 Å². The molecule has 1 N–H and O–H groups in total. The molecule has 0 bridgehead atoms. The number of hydrogen-bond donors (Lipinski definition) is 1. The van der Waals surface area contributed by atoms with Crippen LogP contribution in [0.2, 0.25) is 0 Å². The van der Waals surface area contributed by atoms with Gasteiger partial charge in [-0.3, -0.25) is 4.79 Å². The molecule has 1 fully saturated rings. The van der Waals surface area contributed by atoms with Crippen LogP contribution in [0.1, 0.15) is 24.6 Å². The van der Waals surface area contributed by atoms with Gasteiger partial charge >= 0.3 is 5.97 Å². The molecule has 1 aromatic carbocycles. The Hall–Kier alpha value is -1.88. The first-order chi connectivity index (χ1) is 9.25. The first kappa shape index (κ1) is 12.2. The topological polar surface area (TPSA) is 64.3 Å². The standard InChI is InChI=1S/C14H16N2O3/c17-13(18)5-7-16-12-4-2-1-3-11(12)15-14(16)10-6-8-19-9-10/h1-4,10H,5-9H2,(H,17,18). The van der Waals surface area contributed by atoms with E-state index in [-0.39, 0.29) is 12.3 Å². The zero-order valence-corrected chi connectivity index (χ0v) is 10.6. The fourth-order valence-corrected chi connectivity index (χ4v) is 2.59. The van der Waals surface area contributed by atoms with Crippen molar-refractivity contribution < 1.29 is 14.6 Å². The molecular weight excluding hydrogens is 244 g/mol. The maximum atomic E-state index is 10.8. The molecule has 1 saturated heterocycles. The predicted molar refractivity (Wildman–Crippen MR) is 70.2 cm³/mol. The monoisotopic (exact) mass is 260 g/mol. The zero-order chi connectivity index (χ0) is 13.2. The number of carboxylic acid groups (broad SMARTS) is 1. The van der Waals surface area contributed by atoms with E-state index in [1.165, 1.54) is 0 Å². The molecule has 1 unspecified atom stereocenters. The number of aliphatic carboxylic acids is 1. The molecule has 0 spiro atoms. The van der Waals surface area contributed by atoms with Crippen LogP contribution in [0.5, 0.6) is 0 Å². The molecule has 0 aliphatic carbocycles. The minimum absolute atomic E-state index is 0.112. The maximum absolute atomic E-state index is 10.8. The Labute approximate surface area is 110 Å². The van der Waals surface area contributed by atoms with Gasteiger partial charge in [0.25, 0.3) is 0 Å². The molecule has 5 nitrogen and oxygen atoms in total. The normalized spacial score (nSPS) is 19.1. The van der Waals surface area contributed by atoms with E-state index in [1.54, 1.807) is 0 Å². The van der Waals surface area contributed by atoms with Crippen molar-refractivity contribution in [3.8, 4) is 0 Å². The molecular formula is C14H16N2O3.